The average molecular weight is 385 g/mol. The first-order valence-corrected chi connectivity index (χ1v) is 9.57. The van der Waals surface area contributed by atoms with Gasteiger partial charge in [0.25, 0.3) is 0 Å². The molecule has 1 aromatic carbocycles. The maximum atomic E-state index is 12.5. The zero-order chi connectivity index (χ0) is 19.2. The number of urea groups is 1. The number of hydrogen-bond acceptors (Lipinski definition) is 2. The quantitative estimate of drug-likeness (QED) is 0.826. The van der Waals surface area contributed by atoms with Crippen LogP contribution in [0.5, 0.6) is 0 Å². The van der Waals surface area contributed by atoms with Crippen LogP contribution in [0.25, 0.3) is 0 Å². The second kappa shape index (κ2) is 8.91. The van der Waals surface area contributed by atoms with Crippen molar-refractivity contribution in [3.8, 4) is 0 Å². The molecule has 0 saturated carbocycles. The summed E-state index contributed by atoms with van der Waals surface area (Å²) in [4.78, 5) is 18.9. The molecule has 142 valence electrons. The molecule has 0 aromatic heterocycles. The molecule has 0 atom stereocenters. The fourth-order valence-corrected chi connectivity index (χ4v) is 3.27. The number of amidine groups is 1. The molecule has 2 heterocycles. The van der Waals surface area contributed by atoms with Gasteiger partial charge in [-0.2, -0.15) is 0 Å². The van der Waals surface area contributed by atoms with Crippen molar-refractivity contribution in [3.63, 3.8) is 0 Å². The summed E-state index contributed by atoms with van der Waals surface area (Å²) in [5.41, 5.74) is 3.35. The van der Waals surface area contributed by atoms with Gasteiger partial charge in [-0.05, 0) is 55.2 Å². The van der Waals surface area contributed by atoms with Gasteiger partial charge in [0.2, 0.25) is 0 Å². The number of fused-ring (bicyclic) bond motifs is 1. The highest BCUT2D eigenvalue weighted by atomic mass is 35.5. The number of amides is 2. The Bertz CT molecular complexity index is 823. The summed E-state index contributed by atoms with van der Waals surface area (Å²) in [5.74, 6) is 0.856. The van der Waals surface area contributed by atoms with Crippen LogP contribution in [0.3, 0.4) is 0 Å². The van der Waals surface area contributed by atoms with E-state index in [-0.39, 0.29) is 12.1 Å². The molecule has 0 unspecified atom stereocenters. The number of rotatable bonds is 3. The van der Waals surface area contributed by atoms with Crippen LogP contribution >= 0.6 is 11.6 Å². The number of piperidine rings is 1. The molecule has 0 radical (unpaired) electrons. The number of nitrogens with one attached hydrogen (secondary N) is 2. The van der Waals surface area contributed by atoms with Crippen LogP contribution < -0.4 is 10.6 Å². The van der Waals surface area contributed by atoms with Gasteiger partial charge in [-0.25, -0.2) is 4.79 Å². The number of carbonyl (C=O) groups excluding carboxylic acids is 1. The van der Waals surface area contributed by atoms with Gasteiger partial charge >= 0.3 is 6.03 Å². The van der Waals surface area contributed by atoms with Crippen molar-refractivity contribution in [1.29, 1.82) is 0 Å². The van der Waals surface area contributed by atoms with E-state index in [9.17, 15) is 4.79 Å². The van der Waals surface area contributed by atoms with Gasteiger partial charge in [-0.15, -0.1) is 0 Å². The summed E-state index contributed by atoms with van der Waals surface area (Å²) in [6, 6.07) is 7.71. The Kier molecular flexibility index (Phi) is 6.35. The lowest BCUT2D eigenvalue weighted by Gasteiger charge is -2.31. The molecule has 5 nitrogen and oxygen atoms in total. The summed E-state index contributed by atoms with van der Waals surface area (Å²) in [5, 5.41) is 6.93. The van der Waals surface area contributed by atoms with E-state index in [0.29, 0.717) is 24.7 Å². The van der Waals surface area contributed by atoms with Gasteiger partial charge in [-0.3, -0.25) is 4.99 Å². The molecule has 0 bridgehead atoms. The minimum absolute atomic E-state index is 0.0593. The van der Waals surface area contributed by atoms with E-state index in [1.54, 1.807) is 0 Å². The third kappa shape index (κ3) is 5.47. The lowest BCUT2D eigenvalue weighted by molar-refractivity contribution is 0.199. The Morgan fingerprint density at radius 1 is 1.37 bits per heavy atom. The van der Waals surface area contributed by atoms with Crippen LogP contribution in [0.1, 0.15) is 25.8 Å². The van der Waals surface area contributed by atoms with Crippen molar-refractivity contribution in [2.45, 2.75) is 32.9 Å². The Morgan fingerprint density at radius 3 is 3.00 bits per heavy atom. The maximum Gasteiger partial charge on any atom is 0.317 e. The van der Waals surface area contributed by atoms with Crippen molar-refractivity contribution in [1.82, 2.24) is 15.5 Å². The molecule has 2 N–H and O–H groups in total. The van der Waals surface area contributed by atoms with Crippen molar-refractivity contribution < 1.29 is 4.79 Å². The zero-order valence-corrected chi connectivity index (χ0v) is 16.5. The van der Waals surface area contributed by atoms with Gasteiger partial charge in [0, 0.05) is 36.9 Å². The van der Waals surface area contributed by atoms with Crippen molar-refractivity contribution >= 4 is 23.5 Å². The molecule has 6 heteroatoms. The maximum absolute atomic E-state index is 12.5. The first-order valence-electron chi connectivity index (χ1n) is 9.19. The molecule has 3 rings (SSSR count). The second-order valence-corrected chi connectivity index (χ2v) is 7.37. The second-order valence-electron chi connectivity index (χ2n) is 6.93. The zero-order valence-electron chi connectivity index (χ0n) is 15.7. The molecule has 1 aromatic rings. The van der Waals surface area contributed by atoms with Crippen molar-refractivity contribution in [2.75, 3.05) is 13.1 Å². The Morgan fingerprint density at radius 2 is 2.22 bits per heavy atom. The summed E-state index contributed by atoms with van der Waals surface area (Å²) >= 11 is 5.99. The van der Waals surface area contributed by atoms with Gasteiger partial charge in [0.15, 0.2) is 0 Å². The summed E-state index contributed by atoms with van der Waals surface area (Å²) < 4.78 is 0. The first-order chi connectivity index (χ1) is 13.0. The molecule has 2 aliphatic heterocycles. The number of aliphatic imine (C=N–C) groups is 1. The average Bonchev–Trinajstić information content (AvgIpc) is 2.62. The topological polar surface area (TPSA) is 56.7 Å². The van der Waals surface area contributed by atoms with E-state index in [0.717, 1.165) is 23.4 Å². The smallest absolute Gasteiger partial charge is 0.317 e. The predicted molar refractivity (Wildman–Crippen MR) is 111 cm³/mol. The van der Waals surface area contributed by atoms with Crippen molar-refractivity contribution in [3.05, 3.63) is 70.4 Å². The largest absolute Gasteiger partial charge is 0.347 e. The monoisotopic (exact) mass is 384 g/mol. The number of nitrogens with zero attached hydrogens (tertiary/aromatic N) is 2. The van der Waals surface area contributed by atoms with Gasteiger partial charge in [-0.1, -0.05) is 35.9 Å². The summed E-state index contributed by atoms with van der Waals surface area (Å²) in [6.07, 6.45) is 8.84. The van der Waals surface area contributed by atoms with E-state index in [4.69, 9.17) is 11.6 Å². The minimum atomic E-state index is -0.0593. The number of allylic oxidation sites excluding steroid dienone is 2. The number of halogens is 1. The Labute approximate surface area is 165 Å². The highest BCUT2D eigenvalue weighted by Crippen LogP contribution is 2.22. The normalized spacial score (nSPS) is 18.2. The molecule has 2 aliphatic rings. The van der Waals surface area contributed by atoms with Crippen LogP contribution in [0, 0.1) is 0 Å². The number of likely N-dealkylation sites (tertiary alicyclic amines) is 1. The molecule has 27 heavy (non-hydrogen) atoms. The van der Waals surface area contributed by atoms with E-state index >= 15 is 0 Å². The van der Waals surface area contributed by atoms with Crippen LogP contribution in [0.15, 0.2) is 64.8 Å². The van der Waals surface area contributed by atoms with Gasteiger partial charge in [0.05, 0.1) is 0 Å². The highest BCUT2D eigenvalue weighted by molar-refractivity contribution is 6.30. The third-order valence-corrected chi connectivity index (χ3v) is 4.62. The van der Waals surface area contributed by atoms with Crippen LogP contribution in [0.2, 0.25) is 5.02 Å². The fourth-order valence-electron chi connectivity index (χ4n) is 3.06. The molecule has 1 fully saturated rings. The van der Waals surface area contributed by atoms with E-state index in [1.165, 1.54) is 5.57 Å². The molecule has 0 aliphatic carbocycles. The SMILES string of the molecule is CC(C)N=C1C=CC=C2CN(C(=O)NCc3cccc(Cl)c3)CCC2=CN1. The lowest BCUT2D eigenvalue weighted by atomic mass is 9.97. The molecule has 0 spiro atoms. The Balaban J connectivity index is 1.62. The minimum Gasteiger partial charge on any atom is -0.347 e. The number of hydrogen-bond donors (Lipinski definition) is 2. The highest BCUT2D eigenvalue weighted by Gasteiger charge is 2.22. The molecular formula is C21H25ClN4O. The van der Waals surface area contributed by atoms with E-state index in [2.05, 4.69) is 35.5 Å². The molecule has 1 saturated heterocycles. The van der Waals surface area contributed by atoms with Crippen molar-refractivity contribution in [2.24, 2.45) is 4.99 Å². The van der Waals surface area contributed by atoms with E-state index in [1.807, 2.05) is 47.5 Å². The predicted octanol–water partition coefficient (Wildman–Crippen LogP) is 4.03. The van der Waals surface area contributed by atoms with Gasteiger partial charge < -0.3 is 15.5 Å². The summed E-state index contributed by atoms with van der Waals surface area (Å²) in [6.45, 7) is 5.85. The number of carbonyl (C=O) groups is 1. The van der Waals surface area contributed by atoms with E-state index < -0.39 is 0 Å². The first kappa shape index (κ1) is 19.2. The number of benzene rings is 1. The Hall–Kier alpha value is -2.53. The molecule has 2 amide bonds. The third-order valence-electron chi connectivity index (χ3n) is 4.39. The van der Waals surface area contributed by atoms with Gasteiger partial charge in [0.1, 0.15) is 5.84 Å². The standard InChI is InChI=1S/C21H25ClN4O/c1-15(2)25-20-8-4-6-18-14-26(10-9-17(18)13-23-20)21(27)24-12-16-5-3-7-19(22)11-16/h3-8,11,13,15H,9-10,12,14H2,1-2H3,(H,23,25)(H,24,27). The lowest BCUT2D eigenvalue weighted by Crippen LogP contribution is -2.44. The molecular weight excluding hydrogens is 360 g/mol. The van der Waals surface area contributed by atoms with Crippen LogP contribution in [0.4, 0.5) is 4.79 Å². The fraction of sp³-hybridized carbons (Fsp3) is 0.333. The van der Waals surface area contributed by atoms with Crippen LogP contribution in [-0.4, -0.2) is 35.9 Å². The van der Waals surface area contributed by atoms with Crippen LogP contribution in [-0.2, 0) is 6.54 Å². The summed E-state index contributed by atoms with van der Waals surface area (Å²) in [7, 11) is 0.